The van der Waals surface area contributed by atoms with Crippen molar-refractivity contribution in [2.45, 2.75) is 64.0 Å². The van der Waals surface area contributed by atoms with E-state index in [1.165, 1.54) is 31.4 Å². The largest absolute Gasteiger partial charge is 0.369 e. The van der Waals surface area contributed by atoms with Crippen molar-refractivity contribution in [3.63, 3.8) is 0 Å². The molecule has 1 unspecified atom stereocenters. The molecule has 1 aromatic rings. The summed E-state index contributed by atoms with van der Waals surface area (Å²) < 4.78 is 14.0. The van der Waals surface area contributed by atoms with E-state index in [-0.39, 0.29) is 29.8 Å². The highest BCUT2D eigenvalue weighted by Crippen LogP contribution is 2.28. The number of anilines is 1. The molecule has 0 radical (unpaired) electrons. The number of hydrogen-bond donors (Lipinski definition) is 3. The monoisotopic (exact) mass is 447 g/mol. The van der Waals surface area contributed by atoms with Gasteiger partial charge in [0.1, 0.15) is 5.82 Å². The number of carbonyl (C=O) groups excluding carboxylic acids is 2. The van der Waals surface area contributed by atoms with E-state index in [0.29, 0.717) is 19.4 Å². The first-order chi connectivity index (χ1) is 15.4. The van der Waals surface area contributed by atoms with Gasteiger partial charge < -0.3 is 25.8 Å². The number of benzene rings is 1. The van der Waals surface area contributed by atoms with Gasteiger partial charge in [-0.15, -0.1) is 0 Å². The molecule has 1 saturated heterocycles. The molecule has 1 atom stereocenters. The molecule has 1 saturated carbocycles. The minimum absolute atomic E-state index is 0.0967. The summed E-state index contributed by atoms with van der Waals surface area (Å²) in [6.07, 6.45) is 6.56. The Bertz CT molecular complexity index is 761. The van der Waals surface area contributed by atoms with Gasteiger partial charge in [0, 0.05) is 56.4 Å². The zero-order chi connectivity index (χ0) is 22.9. The number of piperazine rings is 1. The fourth-order valence-electron chi connectivity index (χ4n) is 4.53. The summed E-state index contributed by atoms with van der Waals surface area (Å²) in [5.74, 6) is -0.396. The van der Waals surface area contributed by atoms with Crippen LogP contribution in [0.25, 0.3) is 0 Å². The van der Waals surface area contributed by atoms with E-state index in [1.807, 2.05) is 13.0 Å². The standard InChI is InChI=1S/C24H38FN5O2/c1-18(21-17-19(25)10-11-22(21)30-15-13-29(2)14-16-30)27-23(31)9-6-12-26-24(32)28-20-7-4-3-5-8-20/h10-11,17-18,20H,3-9,12-16H2,1-2H3,(H,27,31)(H2,26,28,32). The van der Waals surface area contributed by atoms with E-state index < -0.39 is 0 Å². The Morgan fingerprint density at radius 1 is 1.12 bits per heavy atom. The van der Waals surface area contributed by atoms with Gasteiger partial charge in [0.25, 0.3) is 0 Å². The second-order valence-electron chi connectivity index (χ2n) is 9.12. The third-order valence-electron chi connectivity index (χ3n) is 6.48. The molecule has 3 N–H and O–H groups in total. The predicted octanol–water partition coefficient (Wildman–Crippen LogP) is 3.17. The number of amides is 3. The maximum absolute atomic E-state index is 14.0. The maximum atomic E-state index is 14.0. The molecule has 2 fully saturated rings. The number of carbonyl (C=O) groups is 2. The summed E-state index contributed by atoms with van der Waals surface area (Å²) in [7, 11) is 2.10. The molecule has 1 aliphatic heterocycles. The van der Waals surface area contributed by atoms with Crippen molar-refractivity contribution in [3.8, 4) is 0 Å². The average Bonchev–Trinajstić information content (AvgIpc) is 2.78. The number of halogens is 1. The highest BCUT2D eigenvalue weighted by Gasteiger charge is 2.21. The zero-order valence-corrected chi connectivity index (χ0v) is 19.5. The van der Waals surface area contributed by atoms with E-state index in [9.17, 15) is 14.0 Å². The van der Waals surface area contributed by atoms with Gasteiger partial charge in [-0.1, -0.05) is 19.3 Å². The SMILES string of the molecule is CC(NC(=O)CCCNC(=O)NC1CCCCC1)c1cc(F)ccc1N1CCN(C)CC1. The van der Waals surface area contributed by atoms with E-state index >= 15 is 0 Å². The van der Waals surface area contributed by atoms with E-state index in [4.69, 9.17) is 0 Å². The fourth-order valence-corrected chi connectivity index (χ4v) is 4.53. The molecule has 178 valence electrons. The van der Waals surface area contributed by atoms with Crippen LogP contribution in [0.5, 0.6) is 0 Å². The smallest absolute Gasteiger partial charge is 0.315 e. The lowest BCUT2D eigenvalue weighted by molar-refractivity contribution is -0.121. The minimum atomic E-state index is -0.299. The quantitative estimate of drug-likeness (QED) is 0.535. The summed E-state index contributed by atoms with van der Waals surface area (Å²) >= 11 is 0. The lowest BCUT2D eigenvalue weighted by atomic mass is 9.96. The van der Waals surface area contributed by atoms with E-state index in [0.717, 1.165) is 50.3 Å². The highest BCUT2D eigenvalue weighted by molar-refractivity contribution is 5.77. The Labute approximate surface area is 191 Å². The summed E-state index contributed by atoms with van der Waals surface area (Å²) in [6.45, 7) is 6.02. The molecule has 1 heterocycles. The summed E-state index contributed by atoms with van der Waals surface area (Å²) in [6, 6.07) is 4.64. The molecular formula is C24H38FN5O2. The fraction of sp³-hybridized carbons (Fsp3) is 0.667. The molecule has 2 aliphatic rings. The highest BCUT2D eigenvalue weighted by atomic mass is 19.1. The molecule has 32 heavy (non-hydrogen) atoms. The molecule has 1 aromatic carbocycles. The minimum Gasteiger partial charge on any atom is -0.369 e. The van der Waals surface area contributed by atoms with E-state index in [2.05, 4.69) is 32.8 Å². The van der Waals surface area contributed by atoms with Gasteiger partial charge in [0.2, 0.25) is 5.91 Å². The van der Waals surface area contributed by atoms with Crippen molar-refractivity contribution in [1.29, 1.82) is 0 Å². The van der Waals surface area contributed by atoms with Gasteiger partial charge in [0.05, 0.1) is 6.04 Å². The van der Waals surface area contributed by atoms with Crippen molar-refractivity contribution in [1.82, 2.24) is 20.9 Å². The van der Waals surface area contributed by atoms with Crippen molar-refractivity contribution >= 4 is 17.6 Å². The second-order valence-corrected chi connectivity index (χ2v) is 9.12. The number of rotatable bonds is 8. The molecule has 8 heteroatoms. The Kier molecular flexibility index (Phi) is 9.14. The van der Waals surface area contributed by atoms with E-state index in [1.54, 1.807) is 0 Å². The van der Waals surface area contributed by atoms with Crippen LogP contribution in [0.15, 0.2) is 18.2 Å². The number of likely N-dealkylation sites (N-methyl/N-ethyl adjacent to an activating group) is 1. The van der Waals surface area contributed by atoms with Gasteiger partial charge >= 0.3 is 6.03 Å². The third kappa shape index (κ3) is 7.36. The molecule has 3 amide bonds. The van der Waals surface area contributed by atoms with Gasteiger partial charge in [-0.05, 0) is 51.4 Å². The molecule has 0 aromatic heterocycles. The second kappa shape index (κ2) is 12.0. The van der Waals surface area contributed by atoms with Crippen molar-refractivity contribution in [3.05, 3.63) is 29.6 Å². The molecule has 1 aliphatic carbocycles. The van der Waals surface area contributed by atoms with Crippen molar-refractivity contribution < 1.29 is 14.0 Å². The predicted molar refractivity (Wildman–Crippen MR) is 125 cm³/mol. The van der Waals surface area contributed by atoms with Crippen LogP contribution in [0.2, 0.25) is 0 Å². The van der Waals surface area contributed by atoms with Gasteiger partial charge in [-0.25, -0.2) is 9.18 Å². The summed E-state index contributed by atoms with van der Waals surface area (Å²) in [5.41, 5.74) is 1.78. The summed E-state index contributed by atoms with van der Waals surface area (Å²) in [4.78, 5) is 29.0. The number of urea groups is 1. The van der Waals surface area contributed by atoms with Crippen LogP contribution in [0.3, 0.4) is 0 Å². The average molecular weight is 448 g/mol. The van der Waals surface area contributed by atoms with Crippen LogP contribution in [0, 0.1) is 5.82 Å². The van der Waals surface area contributed by atoms with Crippen LogP contribution in [0.4, 0.5) is 14.9 Å². The third-order valence-corrected chi connectivity index (χ3v) is 6.48. The van der Waals surface area contributed by atoms with Gasteiger partial charge in [0.15, 0.2) is 0 Å². The Morgan fingerprint density at radius 3 is 2.56 bits per heavy atom. The number of nitrogens with one attached hydrogen (secondary N) is 3. The topological polar surface area (TPSA) is 76.7 Å². The van der Waals surface area contributed by atoms with Crippen LogP contribution >= 0.6 is 0 Å². The van der Waals surface area contributed by atoms with Crippen LogP contribution < -0.4 is 20.9 Å². The zero-order valence-electron chi connectivity index (χ0n) is 19.5. The summed E-state index contributed by atoms with van der Waals surface area (Å²) in [5, 5.41) is 8.85. The number of nitrogens with zero attached hydrogens (tertiary/aromatic N) is 2. The first-order valence-electron chi connectivity index (χ1n) is 12.0. The van der Waals surface area contributed by atoms with Crippen LogP contribution in [0.1, 0.15) is 63.5 Å². The Hall–Kier alpha value is -2.35. The van der Waals surface area contributed by atoms with Crippen molar-refractivity contribution in [2.24, 2.45) is 0 Å². The molecule has 7 nitrogen and oxygen atoms in total. The van der Waals surface area contributed by atoms with Crippen molar-refractivity contribution in [2.75, 3.05) is 44.7 Å². The first kappa shape index (κ1) is 24.3. The lowest BCUT2D eigenvalue weighted by Gasteiger charge is -2.36. The van der Waals surface area contributed by atoms with Gasteiger partial charge in [-0.3, -0.25) is 4.79 Å². The Balaban J connectivity index is 1.43. The maximum Gasteiger partial charge on any atom is 0.315 e. The molecule has 0 spiro atoms. The number of hydrogen-bond acceptors (Lipinski definition) is 4. The molecular weight excluding hydrogens is 409 g/mol. The Morgan fingerprint density at radius 2 is 1.84 bits per heavy atom. The lowest BCUT2D eigenvalue weighted by Crippen LogP contribution is -2.45. The van der Waals surface area contributed by atoms with Gasteiger partial charge in [-0.2, -0.15) is 0 Å². The van der Waals surface area contributed by atoms with Crippen LogP contribution in [-0.2, 0) is 4.79 Å². The first-order valence-corrected chi connectivity index (χ1v) is 12.0. The normalized spacial score (nSPS) is 18.8. The van der Waals surface area contributed by atoms with Crippen LogP contribution in [-0.4, -0.2) is 62.7 Å². The molecule has 0 bridgehead atoms. The molecule has 3 rings (SSSR count).